The van der Waals surface area contributed by atoms with Crippen molar-refractivity contribution in [3.05, 3.63) is 95.9 Å². The maximum Gasteiger partial charge on any atom is 0.274 e. The minimum absolute atomic E-state index is 0.162. The van der Waals surface area contributed by atoms with E-state index in [1.807, 2.05) is 83.4 Å². The fraction of sp³-hybridized carbons (Fsp3) is 0.167. The Balaban J connectivity index is 1.47. The molecule has 0 aliphatic rings. The highest BCUT2D eigenvalue weighted by molar-refractivity contribution is 6.04. The van der Waals surface area contributed by atoms with Gasteiger partial charge in [0.05, 0.1) is 5.69 Å². The first-order valence-corrected chi connectivity index (χ1v) is 9.78. The van der Waals surface area contributed by atoms with Crippen molar-refractivity contribution in [1.82, 2.24) is 9.38 Å². The lowest BCUT2D eigenvalue weighted by Crippen LogP contribution is -2.16. The standard InChI is InChI=1S/C24H23N3O2/c1-2-8-21-23(27-16-7-6-11-22(27)26-21)24(28)25-19-12-14-20(15-13-19)29-17-18-9-4-3-5-10-18/h3-7,9-16H,2,8,17H2,1H3,(H,25,28). The normalized spacial score (nSPS) is 10.8. The van der Waals surface area contributed by atoms with E-state index in [1.165, 1.54) is 0 Å². The largest absolute Gasteiger partial charge is 0.489 e. The van der Waals surface area contributed by atoms with Crippen LogP contribution in [0.2, 0.25) is 0 Å². The van der Waals surface area contributed by atoms with Crippen molar-refractivity contribution in [2.75, 3.05) is 5.32 Å². The number of aryl methyl sites for hydroxylation is 1. The lowest BCUT2D eigenvalue weighted by molar-refractivity contribution is 0.102. The summed E-state index contributed by atoms with van der Waals surface area (Å²) in [6, 6.07) is 23.2. The van der Waals surface area contributed by atoms with Crippen LogP contribution in [-0.4, -0.2) is 15.3 Å². The molecule has 0 atom stereocenters. The lowest BCUT2D eigenvalue weighted by Gasteiger charge is -2.09. The van der Waals surface area contributed by atoms with Gasteiger partial charge in [-0.3, -0.25) is 9.20 Å². The van der Waals surface area contributed by atoms with Gasteiger partial charge in [-0.15, -0.1) is 0 Å². The van der Waals surface area contributed by atoms with Crippen molar-refractivity contribution in [3.8, 4) is 5.75 Å². The number of nitrogens with zero attached hydrogens (tertiary/aromatic N) is 2. The van der Waals surface area contributed by atoms with Crippen molar-refractivity contribution in [2.45, 2.75) is 26.4 Å². The van der Waals surface area contributed by atoms with Gasteiger partial charge in [0, 0.05) is 11.9 Å². The number of amides is 1. The van der Waals surface area contributed by atoms with Gasteiger partial charge in [-0.05, 0) is 48.4 Å². The smallest absolute Gasteiger partial charge is 0.274 e. The Kier molecular flexibility index (Phi) is 5.56. The zero-order valence-corrected chi connectivity index (χ0v) is 16.3. The molecular weight excluding hydrogens is 362 g/mol. The number of hydrogen-bond donors (Lipinski definition) is 1. The average molecular weight is 385 g/mol. The van der Waals surface area contributed by atoms with Crippen molar-refractivity contribution in [3.63, 3.8) is 0 Å². The van der Waals surface area contributed by atoms with Gasteiger partial charge < -0.3 is 10.1 Å². The van der Waals surface area contributed by atoms with Crippen LogP contribution in [0.15, 0.2) is 79.0 Å². The Labute approximate surface area is 170 Å². The maximum atomic E-state index is 13.0. The Morgan fingerprint density at radius 1 is 1.00 bits per heavy atom. The highest BCUT2D eigenvalue weighted by atomic mass is 16.5. The summed E-state index contributed by atoms with van der Waals surface area (Å²) in [6.07, 6.45) is 3.56. The molecule has 5 nitrogen and oxygen atoms in total. The minimum Gasteiger partial charge on any atom is -0.489 e. The number of anilines is 1. The van der Waals surface area contributed by atoms with E-state index in [4.69, 9.17) is 4.74 Å². The molecule has 4 aromatic rings. The number of aromatic nitrogens is 2. The second-order valence-electron chi connectivity index (χ2n) is 6.84. The summed E-state index contributed by atoms with van der Waals surface area (Å²) in [5, 5.41) is 2.98. The fourth-order valence-electron chi connectivity index (χ4n) is 3.26. The van der Waals surface area contributed by atoms with Gasteiger partial charge >= 0.3 is 0 Å². The second-order valence-corrected chi connectivity index (χ2v) is 6.84. The van der Waals surface area contributed by atoms with E-state index >= 15 is 0 Å². The highest BCUT2D eigenvalue weighted by Gasteiger charge is 2.18. The second kappa shape index (κ2) is 8.61. The Hall–Kier alpha value is -3.60. The summed E-state index contributed by atoms with van der Waals surface area (Å²) < 4.78 is 7.65. The van der Waals surface area contributed by atoms with Crippen LogP contribution in [0.4, 0.5) is 5.69 Å². The topological polar surface area (TPSA) is 55.6 Å². The van der Waals surface area contributed by atoms with Crippen molar-refractivity contribution in [1.29, 1.82) is 0 Å². The molecule has 2 aromatic carbocycles. The molecular formula is C24H23N3O2. The molecule has 5 heteroatoms. The maximum absolute atomic E-state index is 13.0. The van der Waals surface area contributed by atoms with Gasteiger partial charge in [-0.2, -0.15) is 0 Å². The fourth-order valence-corrected chi connectivity index (χ4v) is 3.26. The number of ether oxygens (including phenoxy) is 1. The van der Waals surface area contributed by atoms with E-state index in [2.05, 4.69) is 17.2 Å². The summed E-state index contributed by atoms with van der Waals surface area (Å²) in [6.45, 7) is 2.59. The molecule has 0 aliphatic heterocycles. The summed E-state index contributed by atoms with van der Waals surface area (Å²) in [5.41, 5.74) is 4.02. The van der Waals surface area contributed by atoms with Gasteiger partial charge in [-0.1, -0.05) is 49.7 Å². The molecule has 0 spiro atoms. The number of rotatable bonds is 7. The summed E-state index contributed by atoms with van der Waals surface area (Å²) >= 11 is 0. The van der Waals surface area contributed by atoms with E-state index in [-0.39, 0.29) is 5.91 Å². The number of fused-ring (bicyclic) bond motifs is 1. The van der Waals surface area contributed by atoms with Crippen LogP contribution >= 0.6 is 0 Å². The summed E-state index contributed by atoms with van der Waals surface area (Å²) in [5.74, 6) is 0.596. The van der Waals surface area contributed by atoms with Crippen LogP contribution in [0.5, 0.6) is 5.75 Å². The predicted octanol–water partition coefficient (Wildman–Crippen LogP) is 5.12. The van der Waals surface area contributed by atoms with E-state index in [0.29, 0.717) is 12.3 Å². The molecule has 0 saturated carbocycles. The Morgan fingerprint density at radius 2 is 1.76 bits per heavy atom. The number of carbonyl (C=O) groups excluding carboxylic acids is 1. The summed E-state index contributed by atoms with van der Waals surface area (Å²) in [7, 11) is 0. The molecule has 4 rings (SSSR count). The van der Waals surface area contributed by atoms with Gasteiger partial charge in [0.2, 0.25) is 0 Å². The number of nitrogens with one attached hydrogen (secondary N) is 1. The van der Waals surface area contributed by atoms with Crippen molar-refractivity contribution >= 4 is 17.2 Å². The van der Waals surface area contributed by atoms with Crippen LogP contribution in [0.1, 0.15) is 35.1 Å². The zero-order valence-electron chi connectivity index (χ0n) is 16.3. The van der Waals surface area contributed by atoms with Crippen molar-refractivity contribution in [2.24, 2.45) is 0 Å². The van der Waals surface area contributed by atoms with Crippen molar-refractivity contribution < 1.29 is 9.53 Å². The third kappa shape index (κ3) is 4.29. The number of hydrogen-bond acceptors (Lipinski definition) is 3. The van der Waals surface area contributed by atoms with Crippen LogP contribution in [0, 0.1) is 0 Å². The first-order chi connectivity index (χ1) is 14.2. The number of imidazole rings is 1. The monoisotopic (exact) mass is 385 g/mol. The van der Waals surface area contributed by atoms with E-state index in [0.717, 1.165) is 41.2 Å². The molecule has 0 radical (unpaired) electrons. The molecule has 2 heterocycles. The minimum atomic E-state index is -0.162. The molecule has 29 heavy (non-hydrogen) atoms. The summed E-state index contributed by atoms with van der Waals surface area (Å²) in [4.78, 5) is 17.6. The molecule has 1 N–H and O–H groups in total. The molecule has 0 saturated heterocycles. The number of pyridine rings is 1. The first kappa shape index (κ1) is 18.7. The number of benzene rings is 2. The average Bonchev–Trinajstić information content (AvgIpc) is 3.12. The SMILES string of the molecule is CCCc1nc2ccccn2c1C(=O)Nc1ccc(OCc2ccccc2)cc1. The molecule has 146 valence electrons. The van der Waals surface area contributed by atoms with Crippen LogP contribution in [0.3, 0.4) is 0 Å². The first-order valence-electron chi connectivity index (χ1n) is 9.78. The molecule has 2 aromatic heterocycles. The van der Waals surface area contributed by atoms with Crippen LogP contribution < -0.4 is 10.1 Å². The molecule has 0 aliphatic carbocycles. The van der Waals surface area contributed by atoms with Gasteiger partial charge in [0.1, 0.15) is 23.7 Å². The Bertz CT molecular complexity index is 1100. The molecule has 0 bridgehead atoms. The predicted molar refractivity (Wildman–Crippen MR) is 114 cm³/mol. The van der Waals surface area contributed by atoms with Gasteiger partial charge in [0.15, 0.2) is 0 Å². The molecule has 0 unspecified atom stereocenters. The molecule has 0 fully saturated rings. The van der Waals surface area contributed by atoms with Gasteiger partial charge in [-0.25, -0.2) is 4.98 Å². The highest BCUT2D eigenvalue weighted by Crippen LogP contribution is 2.20. The number of carbonyl (C=O) groups is 1. The third-order valence-electron chi connectivity index (χ3n) is 4.66. The van der Waals surface area contributed by atoms with Crippen LogP contribution in [-0.2, 0) is 13.0 Å². The molecule has 1 amide bonds. The van der Waals surface area contributed by atoms with E-state index in [9.17, 15) is 4.79 Å². The van der Waals surface area contributed by atoms with E-state index < -0.39 is 0 Å². The van der Waals surface area contributed by atoms with Crippen LogP contribution in [0.25, 0.3) is 5.65 Å². The lowest BCUT2D eigenvalue weighted by atomic mass is 10.2. The Morgan fingerprint density at radius 3 is 2.52 bits per heavy atom. The quantitative estimate of drug-likeness (QED) is 0.480. The zero-order chi connectivity index (χ0) is 20.1. The van der Waals surface area contributed by atoms with E-state index in [1.54, 1.807) is 0 Å². The van der Waals surface area contributed by atoms with Gasteiger partial charge in [0.25, 0.3) is 5.91 Å². The third-order valence-corrected chi connectivity index (χ3v) is 4.66.